The fourth-order valence-corrected chi connectivity index (χ4v) is 1.35. The lowest BCUT2D eigenvalue weighted by Crippen LogP contribution is -2.23. The van der Waals surface area contributed by atoms with E-state index in [2.05, 4.69) is 0 Å². The summed E-state index contributed by atoms with van der Waals surface area (Å²) in [4.78, 5) is 10.6. The third kappa shape index (κ3) is 2.86. The average Bonchev–Trinajstić information content (AvgIpc) is 2.13. The molecule has 0 aliphatic heterocycles. The predicted molar refractivity (Wildman–Crippen MR) is 58.7 cm³/mol. The van der Waals surface area contributed by atoms with Crippen LogP contribution in [0.15, 0.2) is 12.1 Å². The molecule has 1 rings (SSSR count). The van der Waals surface area contributed by atoms with Crippen molar-refractivity contribution in [3.8, 4) is 5.75 Å². The van der Waals surface area contributed by atoms with Gasteiger partial charge in [0.1, 0.15) is 5.75 Å². The minimum Gasteiger partial charge on any atom is -0.479 e. The highest BCUT2D eigenvalue weighted by molar-refractivity contribution is 6.32. The van der Waals surface area contributed by atoms with Gasteiger partial charge in [-0.05, 0) is 44.0 Å². The third-order valence-corrected chi connectivity index (χ3v) is 2.50. The molecule has 0 bridgehead atoms. The lowest BCUT2D eigenvalue weighted by atomic mass is 10.1. The maximum absolute atomic E-state index is 10.6. The number of hydrogen-bond acceptors (Lipinski definition) is 2. The molecule has 0 heterocycles. The van der Waals surface area contributed by atoms with Gasteiger partial charge in [0.15, 0.2) is 6.10 Å². The van der Waals surface area contributed by atoms with E-state index in [9.17, 15) is 4.79 Å². The van der Waals surface area contributed by atoms with E-state index >= 15 is 0 Å². The molecule has 0 fully saturated rings. The molecule has 3 nitrogen and oxygen atoms in total. The molecule has 0 aliphatic carbocycles. The molecule has 0 radical (unpaired) electrons. The highest BCUT2D eigenvalue weighted by Crippen LogP contribution is 2.28. The second-order valence-electron chi connectivity index (χ2n) is 3.47. The molecule has 1 aromatic carbocycles. The zero-order chi connectivity index (χ0) is 11.6. The van der Waals surface area contributed by atoms with Crippen LogP contribution in [0.1, 0.15) is 18.1 Å². The zero-order valence-corrected chi connectivity index (χ0v) is 9.63. The summed E-state index contributed by atoms with van der Waals surface area (Å²) in [5.74, 6) is -0.598. The molecule has 1 aromatic rings. The Bertz CT molecular complexity index is 388. The second kappa shape index (κ2) is 4.53. The van der Waals surface area contributed by atoms with Crippen molar-refractivity contribution in [2.75, 3.05) is 0 Å². The van der Waals surface area contributed by atoms with Crippen LogP contribution in [0, 0.1) is 13.8 Å². The van der Waals surface area contributed by atoms with Crippen LogP contribution in [0.5, 0.6) is 5.75 Å². The minimum atomic E-state index is -1.01. The fourth-order valence-electron chi connectivity index (χ4n) is 1.09. The van der Waals surface area contributed by atoms with Gasteiger partial charge in [0, 0.05) is 0 Å². The summed E-state index contributed by atoms with van der Waals surface area (Å²) in [6.07, 6.45) is -0.899. The zero-order valence-electron chi connectivity index (χ0n) is 8.87. The van der Waals surface area contributed by atoms with Crippen LogP contribution in [-0.4, -0.2) is 17.2 Å². The highest BCUT2D eigenvalue weighted by Gasteiger charge is 2.14. The lowest BCUT2D eigenvalue weighted by Gasteiger charge is -2.13. The Morgan fingerprint density at radius 2 is 1.93 bits per heavy atom. The number of hydrogen-bond donors (Lipinski definition) is 1. The van der Waals surface area contributed by atoms with Gasteiger partial charge < -0.3 is 9.84 Å². The van der Waals surface area contributed by atoms with Gasteiger partial charge in [-0.25, -0.2) is 4.79 Å². The van der Waals surface area contributed by atoms with E-state index in [1.54, 1.807) is 12.1 Å². The van der Waals surface area contributed by atoms with Crippen LogP contribution in [0.2, 0.25) is 5.02 Å². The van der Waals surface area contributed by atoms with Gasteiger partial charge in [0.25, 0.3) is 0 Å². The molecule has 0 aromatic heterocycles. The number of halogens is 1. The maximum atomic E-state index is 10.6. The normalized spacial score (nSPS) is 12.3. The van der Waals surface area contributed by atoms with Gasteiger partial charge in [-0.3, -0.25) is 0 Å². The van der Waals surface area contributed by atoms with Gasteiger partial charge in [-0.1, -0.05) is 11.6 Å². The monoisotopic (exact) mass is 228 g/mol. The number of rotatable bonds is 3. The van der Waals surface area contributed by atoms with Crippen molar-refractivity contribution in [1.82, 2.24) is 0 Å². The Morgan fingerprint density at radius 3 is 2.47 bits per heavy atom. The number of ether oxygens (including phenoxy) is 1. The summed E-state index contributed by atoms with van der Waals surface area (Å²) in [6.45, 7) is 5.32. The first kappa shape index (κ1) is 11.9. The Morgan fingerprint density at radius 1 is 1.40 bits per heavy atom. The first-order valence-electron chi connectivity index (χ1n) is 4.58. The first-order valence-corrected chi connectivity index (χ1v) is 4.96. The Kier molecular flexibility index (Phi) is 3.58. The van der Waals surface area contributed by atoms with Gasteiger partial charge in [0.05, 0.1) is 5.02 Å². The molecule has 1 atom stereocenters. The molecule has 0 spiro atoms. The summed E-state index contributed by atoms with van der Waals surface area (Å²) in [6, 6.07) is 3.51. The number of carboxylic acid groups (broad SMARTS) is 1. The van der Waals surface area contributed by atoms with E-state index in [4.69, 9.17) is 21.4 Å². The van der Waals surface area contributed by atoms with Gasteiger partial charge >= 0.3 is 5.97 Å². The van der Waals surface area contributed by atoms with Crippen LogP contribution < -0.4 is 4.74 Å². The molecule has 4 heteroatoms. The van der Waals surface area contributed by atoms with Crippen molar-refractivity contribution in [1.29, 1.82) is 0 Å². The topological polar surface area (TPSA) is 46.5 Å². The van der Waals surface area contributed by atoms with Crippen LogP contribution in [0.4, 0.5) is 0 Å². The highest BCUT2D eigenvalue weighted by atomic mass is 35.5. The Balaban J connectivity index is 2.95. The molecular formula is C11H13ClO3. The Hall–Kier alpha value is -1.22. The summed E-state index contributed by atoms with van der Waals surface area (Å²) in [5.41, 5.74) is 2.07. The van der Waals surface area contributed by atoms with Crippen molar-refractivity contribution in [2.24, 2.45) is 0 Å². The molecule has 0 aliphatic rings. The van der Waals surface area contributed by atoms with Crippen LogP contribution >= 0.6 is 11.6 Å². The summed E-state index contributed by atoms with van der Waals surface area (Å²) >= 11 is 5.93. The number of benzene rings is 1. The lowest BCUT2D eigenvalue weighted by molar-refractivity contribution is -0.144. The Labute approximate surface area is 93.6 Å². The van der Waals surface area contributed by atoms with Gasteiger partial charge in [-0.15, -0.1) is 0 Å². The van der Waals surface area contributed by atoms with Crippen LogP contribution in [0.3, 0.4) is 0 Å². The maximum Gasteiger partial charge on any atom is 0.344 e. The van der Waals surface area contributed by atoms with Gasteiger partial charge in [-0.2, -0.15) is 0 Å². The first-order chi connectivity index (χ1) is 6.91. The molecule has 1 unspecified atom stereocenters. The molecule has 0 saturated heterocycles. The van der Waals surface area contributed by atoms with E-state index in [1.165, 1.54) is 6.92 Å². The SMILES string of the molecule is Cc1cc(Cl)c(OC(C)C(=O)O)cc1C. The molecule has 15 heavy (non-hydrogen) atoms. The third-order valence-electron chi connectivity index (χ3n) is 2.20. The van der Waals surface area contributed by atoms with E-state index < -0.39 is 12.1 Å². The van der Waals surface area contributed by atoms with Crippen molar-refractivity contribution in [2.45, 2.75) is 26.9 Å². The second-order valence-corrected chi connectivity index (χ2v) is 3.87. The van der Waals surface area contributed by atoms with E-state index in [0.717, 1.165) is 11.1 Å². The average molecular weight is 229 g/mol. The van der Waals surface area contributed by atoms with E-state index in [-0.39, 0.29) is 0 Å². The molecule has 82 valence electrons. The largest absolute Gasteiger partial charge is 0.479 e. The van der Waals surface area contributed by atoms with Crippen LogP contribution in [-0.2, 0) is 4.79 Å². The van der Waals surface area contributed by atoms with E-state index in [1.807, 2.05) is 13.8 Å². The molecule has 0 amide bonds. The number of aryl methyl sites for hydroxylation is 2. The molecule has 0 saturated carbocycles. The summed E-state index contributed by atoms with van der Waals surface area (Å²) in [5, 5.41) is 9.13. The van der Waals surface area contributed by atoms with Crippen molar-refractivity contribution in [3.05, 3.63) is 28.3 Å². The van der Waals surface area contributed by atoms with E-state index in [0.29, 0.717) is 10.8 Å². The van der Waals surface area contributed by atoms with Crippen molar-refractivity contribution in [3.63, 3.8) is 0 Å². The predicted octanol–water partition coefficient (Wildman–Crippen LogP) is 2.81. The smallest absolute Gasteiger partial charge is 0.344 e. The molecular weight excluding hydrogens is 216 g/mol. The van der Waals surface area contributed by atoms with Crippen LogP contribution in [0.25, 0.3) is 0 Å². The standard InChI is InChI=1S/C11H13ClO3/c1-6-4-9(12)10(5-7(6)2)15-8(3)11(13)14/h4-5,8H,1-3H3,(H,13,14). The number of carbonyl (C=O) groups is 1. The minimum absolute atomic E-state index is 0.412. The quantitative estimate of drug-likeness (QED) is 0.866. The number of carboxylic acids is 1. The summed E-state index contributed by atoms with van der Waals surface area (Å²) in [7, 11) is 0. The van der Waals surface area contributed by atoms with Crippen molar-refractivity contribution >= 4 is 17.6 Å². The van der Waals surface area contributed by atoms with Gasteiger partial charge in [0.2, 0.25) is 0 Å². The van der Waals surface area contributed by atoms with Crippen molar-refractivity contribution < 1.29 is 14.6 Å². The number of aliphatic carboxylic acids is 1. The molecule has 1 N–H and O–H groups in total. The summed E-state index contributed by atoms with van der Waals surface area (Å²) < 4.78 is 5.21. The fraction of sp³-hybridized carbons (Fsp3) is 0.364.